The lowest BCUT2D eigenvalue weighted by Gasteiger charge is -2.34. The van der Waals surface area contributed by atoms with Gasteiger partial charge in [0.05, 0.1) is 6.04 Å². The number of amides is 1. The molecule has 1 aliphatic heterocycles. The molecule has 0 aliphatic carbocycles. The highest BCUT2D eigenvalue weighted by atomic mass is 32.1. The van der Waals surface area contributed by atoms with Crippen molar-refractivity contribution in [2.24, 2.45) is 0 Å². The number of hydrogen-bond donors (Lipinski definition) is 0. The Morgan fingerprint density at radius 2 is 2.18 bits per heavy atom. The summed E-state index contributed by atoms with van der Waals surface area (Å²) >= 11 is 1.60. The van der Waals surface area contributed by atoms with Crippen LogP contribution in [0.2, 0.25) is 0 Å². The van der Waals surface area contributed by atoms with Gasteiger partial charge in [-0.3, -0.25) is 4.79 Å². The minimum atomic E-state index is -0.0577. The van der Waals surface area contributed by atoms with Crippen LogP contribution < -0.4 is 4.90 Å². The Morgan fingerprint density at radius 3 is 2.82 bits per heavy atom. The van der Waals surface area contributed by atoms with Gasteiger partial charge in [-0.25, -0.2) is 4.98 Å². The molecule has 1 fully saturated rings. The van der Waals surface area contributed by atoms with Crippen molar-refractivity contribution in [3.05, 3.63) is 34.4 Å². The van der Waals surface area contributed by atoms with E-state index < -0.39 is 0 Å². The maximum absolute atomic E-state index is 12.8. The lowest BCUT2D eigenvalue weighted by Crippen LogP contribution is -2.39. The van der Waals surface area contributed by atoms with Gasteiger partial charge in [-0.15, -0.1) is 21.5 Å². The van der Waals surface area contributed by atoms with Crippen LogP contribution in [-0.4, -0.2) is 46.6 Å². The largest absolute Gasteiger partial charge is 0.361 e. The molecular formula is C15H19N5OS. The van der Waals surface area contributed by atoms with Gasteiger partial charge in [0.1, 0.15) is 5.01 Å². The van der Waals surface area contributed by atoms with Crippen LogP contribution in [0.3, 0.4) is 0 Å². The fourth-order valence-corrected chi connectivity index (χ4v) is 3.44. The van der Waals surface area contributed by atoms with E-state index in [9.17, 15) is 4.79 Å². The second-order valence-electron chi connectivity index (χ2n) is 5.55. The van der Waals surface area contributed by atoms with E-state index in [1.807, 2.05) is 35.3 Å². The Morgan fingerprint density at radius 1 is 1.32 bits per heavy atom. The smallest absolute Gasteiger partial charge is 0.274 e. The number of thiazole rings is 1. The lowest BCUT2D eigenvalue weighted by atomic mass is 10.0. The third kappa shape index (κ3) is 2.94. The molecular weight excluding hydrogens is 298 g/mol. The molecule has 1 aliphatic rings. The fourth-order valence-electron chi connectivity index (χ4n) is 2.66. The molecule has 1 amide bonds. The predicted octanol–water partition coefficient (Wildman–Crippen LogP) is 2.37. The summed E-state index contributed by atoms with van der Waals surface area (Å²) < 4.78 is 0. The van der Waals surface area contributed by atoms with Crippen molar-refractivity contribution in [2.75, 3.05) is 25.5 Å². The van der Waals surface area contributed by atoms with Crippen molar-refractivity contribution in [2.45, 2.75) is 25.3 Å². The van der Waals surface area contributed by atoms with Gasteiger partial charge in [0, 0.05) is 32.2 Å². The number of carbonyl (C=O) groups excluding carboxylic acids is 1. The molecule has 0 aromatic carbocycles. The second kappa shape index (κ2) is 6.39. The highest BCUT2D eigenvalue weighted by Gasteiger charge is 2.31. The lowest BCUT2D eigenvalue weighted by molar-refractivity contribution is 0.0604. The zero-order chi connectivity index (χ0) is 15.5. The minimum Gasteiger partial charge on any atom is -0.361 e. The third-order valence-corrected chi connectivity index (χ3v) is 4.70. The molecule has 6 nitrogen and oxygen atoms in total. The molecule has 1 unspecified atom stereocenters. The Balaban J connectivity index is 1.82. The number of anilines is 1. The molecule has 3 heterocycles. The van der Waals surface area contributed by atoms with Gasteiger partial charge in [-0.2, -0.15) is 0 Å². The van der Waals surface area contributed by atoms with Crippen LogP contribution in [0.1, 0.15) is 40.8 Å². The predicted molar refractivity (Wildman–Crippen MR) is 86.1 cm³/mol. The fraction of sp³-hybridized carbons (Fsp3) is 0.467. The van der Waals surface area contributed by atoms with Crippen molar-refractivity contribution in [1.82, 2.24) is 20.1 Å². The molecule has 1 saturated heterocycles. The summed E-state index contributed by atoms with van der Waals surface area (Å²) in [6, 6.07) is 3.64. The van der Waals surface area contributed by atoms with Gasteiger partial charge < -0.3 is 9.80 Å². The monoisotopic (exact) mass is 317 g/mol. The van der Waals surface area contributed by atoms with E-state index in [1.54, 1.807) is 23.6 Å². The molecule has 7 heteroatoms. The molecule has 2 aromatic heterocycles. The molecule has 0 N–H and O–H groups in total. The zero-order valence-corrected chi connectivity index (χ0v) is 13.6. The highest BCUT2D eigenvalue weighted by Crippen LogP contribution is 2.32. The Bertz CT molecular complexity index is 626. The average Bonchev–Trinajstić information content (AvgIpc) is 3.08. The van der Waals surface area contributed by atoms with Crippen molar-refractivity contribution >= 4 is 23.1 Å². The van der Waals surface area contributed by atoms with Crippen LogP contribution in [0.15, 0.2) is 23.7 Å². The van der Waals surface area contributed by atoms with Gasteiger partial charge in [-0.1, -0.05) is 0 Å². The third-order valence-electron chi connectivity index (χ3n) is 3.83. The SMILES string of the molecule is CN(C)c1ccc(C(=O)N2CCCCC2c2nccs2)nn1. The summed E-state index contributed by atoms with van der Waals surface area (Å²) in [5.74, 6) is 0.685. The Labute approximate surface area is 133 Å². The quantitative estimate of drug-likeness (QED) is 0.869. The molecule has 2 aromatic rings. The molecule has 1 atom stereocenters. The minimum absolute atomic E-state index is 0.0577. The van der Waals surface area contributed by atoms with Gasteiger partial charge in [0.15, 0.2) is 11.5 Å². The summed E-state index contributed by atoms with van der Waals surface area (Å²) in [7, 11) is 3.79. The average molecular weight is 317 g/mol. The number of piperidine rings is 1. The maximum atomic E-state index is 12.8. The summed E-state index contributed by atoms with van der Waals surface area (Å²) in [5, 5.41) is 11.2. The van der Waals surface area contributed by atoms with Gasteiger partial charge in [-0.05, 0) is 31.4 Å². The van der Waals surface area contributed by atoms with Crippen LogP contribution in [0.4, 0.5) is 5.82 Å². The van der Waals surface area contributed by atoms with Crippen molar-refractivity contribution in [3.63, 3.8) is 0 Å². The second-order valence-corrected chi connectivity index (χ2v) is 6.48. The first-order valence-electron chi connectivity index (χ1n) is 7.38. The van der Waals surface area contributed by atoms with Gasteiger partial charge in [0.2, 0.25) is 0 Å². The summed E-state index contributed by atoms with van der Waals surface area (Å²) in [5.41, 5.74) is 0.397. The maximum Gasteiger partial charge on any atom is 0.274 e. The first-order chi connectivity index (χ1) is 10.7. The van der Waals surface area contributed by atoms with Crippen LogP contribution in [-0.2, 0) is 0 Å². The number of hydrogen-bond acceptors (Lipinski definition) is 6. The normalized spacial score (nSPS) is 18.3. The van der Waals surface area contributed by atoms with E-state index in [1.165, 1.54) is 0 Å². The number of aromatic nitrogens is 3. The van der Waals surface area contributed by atoms with E-state index in [0.717, 1.165) is 36.6 Å². The van der Waals surface area contributed by atoms with E-state index in [4.69, 9.17) is 0 Å². The van der Waals surface area contributed by atoms with Crippen LogP contribution in [0.5, 0.6) is 0 Å². The summed E-state index contributed by atoms with van der Waals surface area (Å²) in [6.07, 6.45) is 4.90. The van der Waals surface area contributed by atoms with Gasteiger partial charge >= 0.3 is 0 Å². The topological polar surface area (TPSA) is 62.2 Å². The molecule has 22 heavy (non-hydrogen) atoms. The Kier molecular flexibility index (Phi) is 4.33. The van der Waals surface area contributed by atoms with Crippen molar-refractivity contribution in [3.8, 4) is 0 Å². The van der Waals surface area contributed by atoms with E-state index >= 15 is 0 Å². The van der Waals surface area contributed by atoms with Crippen molar-refractivity contribution < 1.29 is 4.79 Å². The van der Waals surface area contributed by atoms with Crippen LogP contribution in [0, 0.1) is 0 Å². The van der Waals surface area contributed by atoms with E-state index in [0.29, 0.717) is 5.69 Å². The van der Waals surface area contributed by atoms with Crippen LogP contribution >= 0.6 is 11.3 Å². The van der Waals surface area contributed by atoms with Crippen LogP contribution in [0.25, 0.3) is 0 Å². The number of likely N-dealkylation sites (tertiary alicyclic amines) is 1. The standard InChI is InChI=1S/C15H19N5OS/c1-19(2)13-7-6-11(17-18-13)15(21)20-9-4-3-5-12(20)14-16-8-10-22-14/h6-8,10,12H,3-5,9H2,1-2H3. The highest BCUT2D eigenvalue weighted by molar-refractivity contribution is 7.09. The first-order valence-corrected chi connectivity index (χ1v) is 8.26. The molecule has 3 rings (SSSR count). The van der Waals surface area contributed by atoms with Gasteiger partial charge in [0.25, 0.3) is 5.91 Å². The zero-order valence-electron chi connectivity index (χ0n) is 12.8. The first kappa shape index (κ1) is 14.9. The summed E-state index contributed by atoms with van der Waals surface area (Å²) in [6.45, 7) is 0.750. The Hall–Kier alpha value is -2.02. The molecule has 116 valence electrons. The molecule has 0 saturated carbocycles. The van der Waals surface area contributed by atoms with Crippen molar-refractivity contribution in [1.29, 1.82) is 0 Å². The number of nitrogens with zero attached hydrogens (tertiary/aromatic N) is 5. The number of carbonyl (C=O) groups is 1. The van der Waals surface area contributed by atoms with E-state index in [2.05, 4.69) is 15.2 Å². The molecule has 0 bridgehead atoms. The number of rotatable bonds is 3. The molecule has 0 radical (unpaired) electrons. The summed E-state index contributed by atoms with van der Waals surface area (Å²) in [4.78, 5) is 20.9. The van der Waals surface area contributed by atoms with E-state index in [-0.39, 0.29) is 11.9 Å². The molecule has 0 spiro atoms.